The van der Waals surface area contributed by atoms with E-state index in [4.69, 9.17) is 0 Å². The third-order valence-electron chi connectivity index (χ3n) is 13.0. The molecule has 10 rings (SSSR count). The summed E-state index contributed by atoms with van der Waals surface area (Å²) in [5.74, 6) is 0.171. The highest BCUT2D eigenvalue weighted by Gasteiger charge is 2.32. The van der Waals surface area contributed by atoms with Crippen molar-refractivity contribution >= 4 is 40.4 Å². The Labute approximate surface area is 350 Å². The maximum absolute atomic E-state index is 13.4. The van der Waals surface area contributed by atoms with Crippen molar-refractivity contribution in [1.29, 1.82) is 0 Å². The zero-order valence-electron chi connectivity index (χ0n) is 33.9. The van der Waals surface area contributed by atoms with Gasteiger partial charge >= 0.3 is 0 Å². The van der Waals surface area contributed by atoms with Gasteiger partial charge in [0.1, 0.15) is 0 Å². The number of halogens is 1. The Morgan fingerprint density at radius 1 is 0.517 bits per heavy atom. The van der Waals surface area contributed by atoms with E-state index in [1.807, 2.05) is 49.1 Å². The first kappa shape index (κ1) is 40.2. The standard InChI is InChI=1S/C24H28N4O.C24H30N4.ClH/c29-24(27-15-12-20(17-27)26-13-6-1-7-14-26)21-9-3-2-8-19(21)16-28-18-25-22-10-4-5-11-23(22)28;1-6-13-27(14-7-1)22-12-15-26(18-22)16-20-8-2-3-9-21(20)17-28-19-25-23-10-4-5-11-24(23)28;/h2-5,8-11,18,20H,1,6-7,12-17H2;2-5,8-11,19,22H,1,6-7,12-18H2;1H. The number of para-hydroxylation sites is 4. The summed E-state index contributed by atoms with van der Waals surface area (Å²) in [6, 6.07) is 34.8. The van der Waals surface area contributed by atoms with Gasteiger partial charge in [0.2, 0.25) is 0 Å². The number of aromatic nitrogens is 4. The molecule has 4 aliphatic heterocycles. The monoisotopic (exact) mass is 798 g/mol. The summed E-state index contributed by atoms with van der Waals surface area (Å²) < 4.78 is 4.40. The second-order valence-corrected chi connectivity index (χ2v) is 16.7. The second kappa shape index (κ2) is 19.0. The van der Waals surface area contributed by atoms with Gasteiger partial charge in [-0.25, -0.2) is 9.97 Å². The molecule has 2 aromatic heterocycles. The lowest BCUT2D eigenvalue weighted by atomic mass is 10.1. The number of hydrogen-bond donors (Lipinski definition) is 0. The first-order valence-corrected chi connectivity index (χ1v) is 21.6. The number of amides is 1. The number of hydrogen-bond acceptors (Lipinski definition) is 6. The SMILES string of the molecule is Cl.O=C(c1ccccc1Cn1cnc2ccccc21)N1CCC(N2CCCCC2)C1.c1ccc(Cn2cnc3ccccc32)c(CN2CCC(N3CCCCC3)C2)c1. The maximum Gasteiger partial charge on any atom is 0.254 e. The molecule has 9 nitrogen and oxygen atoms in total. The Balaban J connectivity index is 0.000000159. The van der Waals surface area contributed by atoms with Crippen LogP contribution in [0.3, 0.4) is 0 Å². The number of likely N-dealkylation sites (tertiary alicyclic amines) is 4. The van der Waals surface area contributed by atoms with E-state index in [0.29, 0.717) is 12.6 Å². The van der Waals surface area contributed by atoms with Crippen LogP contribution in [0.1, 0.15) is 78.4 Å². The third-order valence-corrected chi connectivity index (χ3v) is 13.0. The molecule has 4 fully saturated rings. The van der Waals surface area contributed by atoms with Crippen molar-refractivity contribution in [2.75, 3.05) is 52.4 Å². The molecule has 1 amide bonds. The highest BCUT2D eigenvalue weighted by atomic mass is 35.5. The van der Waals surface area contributed by atoms with Gasteiger partial charge in [0.25, 0.3) is 5.91 Å². The lowest BCUT2D eigenvalue weighted by Gasteiger charge is -2.32. The van der Waals surface area contributed by atoms with Crippen LogP contribution in [0, 0.1) is 0 Å². The van der Waals surface area contributed by atoms with Crippen LogP contribution in [0.4, 0.5) is 0 Å². The van der Waals surface area contributed by atoms with Gasteiger partial charge in [0, 0.05) is 63.5 Å². The fraction of sp³-hybridized carbons (Fsp3) is 0.438. The average Bonchev–Trinajstić information content (AvgIpc) is 4.11. The molecule has 4 saturated heterocycles. The molecule has 0 spiro atoms. The van der Waals surface area contributed by atoms with Crippen molar-refractivity contribution in [3.63, 3.8) is 0 Å². The summed E-state index contributed by atoms with van der Waals surface area (Å²) in [6.45, 7) is 11.8. The minimum atomic E-state index is 0. The zero-order valence-corrected chi connectivity index (χ0v) is 34.7. The molecular formula is C48H59ClN8O. The zero-order chi connectivity index (χ0) is 38.4. The van der Waals surface area contributed by atoms with Gasteiger partial charge in [-0.1, -0.05) is 79.6 Å². The molecule has 0 aliphatic carbocycles. The number of fused-ring (bicyclic) bond motifs is 2. The van der Waals surface area contributed by atoms with Gasteiger partial charge in [-0.2, -0.15) is 0 Å². The second-order valence-electron chi connectivity index (χ2n) is 16.7. The quantitative estimate of drug-likeness (QED) is 0.147. The van der Waals surface area contributed by atoms with Gasteiger partial charge in [-0.15, -0.1) is 12.4 Å². The van der Waals surface area contributed by atoms with E-state index in [9.17, 15) is 4.79 Å². The number of rotatable bonds is 9. The molecule has 58 heavy (non-hydrogen) atoms. The molecule has 2 unspecified atom stereocenters. The van der Waals surface area contributed by atoms with E-state index in [1.165, 1.54) is 101 Å². The van der Waals surface area contributed by atoms with Crippen LogP contribution < -0.4 is 0 Å². The molecule has 0 N–H and O–H groups in total. The van der Waals surface area contributed by atoms with Crippen LogP contribution in [0.25, 0.3) is 22.1 Å². The molecule has 10 heteroatoms. The lowest BCUT2D eigenvalue weighted by Crippen LogP contribution is -2.41. The van der Waals surface area contributed by atoms with Crippen molar-refractivity contribution in [3.05, 3.63) is 132 Å². The first-order chi connectivity index (χ1) is 28.2. The fourth-order valence-corrected chi connectivity index (χ4v) is 9.83. The van der Waals surface area contributed by atoms with Crippen LogP contribution in [0.15, 0.2) is 110 Å². The molecule has 304 valence electrons. The van der Waals surface area contributed by atoms with Crippen molar-refractivity contribution in [2.45, 2.75) is 83.1 Å². The Bertz CT molecular complexity index is 2250. The predicted octanol–water partition coefficient (Wildman–Crippen LogP) is 8.35. The summed E-state index contributed by atoms with van der Waals surface area (Å²) in [5, 5.41) is 0. The molecule has 6 heterocycles. The summed E-state index contributed by atoms with van der Waals surface area (Å²) in [4.78, 5) is 32.5. The number of carbonyl (C=O) groups excluding carboxylic acids is 1. The molecule has 6 aromatic rings. The number of nitrogens with zero attached hydrogens (tertiary/aromatic N) is 8. The van der Waals surface area contributed by atoms with E-state index < -0.39 is 0 Å². The molecule has 0 radical (unpaired) electrons. The first-order valence-electron chi connectivity index (χ1n) is 21.6. The molecule has 0 bridgehead atoms. The van der Waals surface area contributed by atoms with Gasteiger partial charge < -0.3 is 14.0 Å². The summed E-state index contributed by atoms with van der Waals surface area (Å²) in [5.41, 5.74) is 9.12. The van der Waals surface area contributed by atoms with Gasteiger partial charge in [0.05, 0.1) is 34.7 Å². The molecular weight excluding hydrogens is 740 g/mol. The van der Waals surface area contributed by atoms with Crippen LogP contribution in [-0.2, 0) is 19.6 Å². The normalized spacial score (nSPS) is 20.6. The fourth-order valence-electron chi connectivity index (χ4n) is 9.83. The Morgan fingerprint density at radius 3 is 1.62 bits per heavy atom. The Morgan fingerprint density at radius 2 is 1.00 bits per heavy atom. The summed E-state index contributed by atoms with van der Waals surface area (Å²) in [7, 11) is 0. The molecule has 0 saturated carbocycles. The number of benzene rings is 4. The van der Waals surface area contributed by atoms with Crippen molar-refractivity contribution in [2.24, 2.45) is 0 Å². The number of carbonyl (C=O) groups is 1. The minimum absolute atomic E-state index is 0. The predicted molar refractivity (Wildman–Crippen MR) is 237 cm³/mol. The highest BCUT2D eigenvalue weighted by Crippen LogP contribution is 2.26. The van der Waals surface area contributed by atoms with Crippen LogP contribution in [0.5, 0.6) is 0 Å². The van der Waals surface area contributed by atoms with E-state index in [1.54, 1.807) is 0 Å². The molecule has 4 aliphatic rings. The molecule has 2 atom stereocenters. The van der Waals surface area contributed by atoms with Crippen LogP contribution >= 0.6 is 12.4 Å². The minimum Gasteiger partial charge on any atom is -0.337 e. The summed E-state index contributed by atoms with van der Waals surface area (Å²) in [6.07, 6.45) is 14.4. The Kier molecular flexibility index (Phi) is 13.2. The average molecular weight is 800 g/mol. The van der Waals surface area contributed by atoms with Gasteiger partial charge in [-0.3, -0.25) is 19.5 Å². The van der Waals surface area contributed by atoms with E-state index >= 15 is 0 Å². The molecule has 4 aromatic carbocycles. The van der Waals surface area contributed by atoms with E-state index in [-0.39, 0.29) is 18.3 Å². The highest BCUT2D eigenvalue weighted by molar-refractivity contribution is 5.96. The van der Waals surface area contributed by atoms with Crippen molar-refractivity contribution in [1.82, 2.24) is 38.7 Å². The Hall–Kier alpha value is -4.54. The third kappa shape index (κ3) is 9.18. The summed E-state index contributed by atoms with van der Waals surface area (Å²) >= 11 is 0. The lowest BCUT2D eigenvalue weighted by molar-refractivity contribution is 0.0770. The number of piperidine rings is 2. The van der Waals surface area contributed by atoms with Crippen LogP contribution in [-0.4, -0.2) is 109 Å². The van der Waals surface area contributed by atoms with E-state index in [0.717, 1.165) is 66.3 Å². The number of imidazole rings is 2. The maximum atomic E-state index is 13.4. The van der Waals surface area contributed by atoms with E-state index in [2.05, 4.69) is 99.4 Å². The van der Waals surface area contributed by atoms with Gasteiger partial charge in [0.15, 0.2) is 0 Å². The van der Waals surface area contributed by atoms with Crippen LogP contribution in [0.2, 0.25) is 0 Å². The largest absolute Gasteiger partial charge is 0.337 e. The topological polar surface area (TPSA) is 65.7 Å². The van der Waals surface area contributed by atoms with Crippen molar-refractivity contribution in [3.8, 4) is 0 Å². The van der Waals surface area contributed by atoms with Crippen molar-refractivity contribution < 1.29 is 4.79 Å². The van der Waals surface area contributed by atoms with Gasteiger partial charge in [-0.05, 0) is 112 Å². The smallest absolute Gasteiger partial charge is 0.254 e.